The van der Waals surface area contributed by atoms with E-state index < -0.39 is 0 Å². The molecular formula is C28H37N3O4. The lowest BCUT2D eigenvalue weighted by Gasteiger charge is -2.37. The Morgan fingerprint density at radius 2 is 1.91 bits per heavy atom. The third-order valence-electron chi connectivity index (χ3n) is 6.34. The number of carbonyl (C=O) groups is 1. The van der Waals surface area contributed by atoms with Gasteiger partial charge in [-0.1, -0.05) is 6.07 Å². The van der Waals surface area contributed by atoms with Gasteiger partial charge in [0.1, 0.15) is 0 Å². The lowest BCUT2D eigenvalue weighted by atomic mass is 9.94. The average Bonchev–Trinajstić information content (AvgIpc) is 2.88. The highest BCUT2D eigenvalue weighted by molar-refractivity contribution is 5.77. The molecule has 0 saturated carbocycles. The van der Waals surface area contributed by atoms with Crippen LogP contribution in [0.5, 0.6) is 0 Å². The summed E-state index contributed by atoms with van der Waals surface area (Å²) in [6, 6.07) is 16.3. The molecule has 7 heteroatoms. The monoisotopic (exact) mass is 479 g/mol. The van der Waals surface area contributed by atoms with Gasteiger partial charge >= 0.3 is 5.97 Å². The highest BCUT2D eigenvalue weighted by Gasteiger charge is 2.25. The van der Waals surface area contributed by atoms with Gasteiger partial charge in [0.2, 0.25) is 0 Å². The van der Waals surface area contributed by atoms with Crippen LogP contribution in [0.15, 0.2) is 42.5 Å². The Labute approximate surface area is 209 Å². The van der Waals surface area contributed by atoms with E-state index in [1.54, 1.807) is 12.1 Å². The number of methoxy groups -OCH3 is 1. The highest BCUT2D eigenvalue weighted by atomic mass is 16.5. The van der Waals surface area contributed by atoms with Gasteiger partial charge in [-0.15, -0.1) is 0 Å². The van der Waals surface area contributed by atoms with Crippen LogP contribution in [0.2, 0.25) is 0 Å². The van der Waals surface area contributed by atoms with E-state index in [1.807, 2.05) is 26.0 Å². The molecule has 1 atom stereocenters. The van der Waals surface area contributed by atoms with Crippen molar-refractivity contribution in [2.45, 2.75) is 58.1 Å². The maximum atomic E-state index is 12.2. The van der Waals surface area contributed by atoms with Crippen molar-refractivity contribution in [1.82, 2.24) is 0 Å². The molecule has 0 radical (unpaired) electrons. The van der Waals surface area contributed by atoms with Crippen molar-refractivity contribution in [2.75, 3.05) is 43.7 Å². The minimum absolute atomic E-state index is 0.0646. The molecule has 1 heterocycles. The Kier molecular flexibility index (Phi) is 9.95. The summed E-state index contributed by atoms with van der Waals surface area (Å²) in [6.07, 6.45) is 2.28. The Hall–Kier alpha value is -3.08. The van der Waals surface area contributed by atoms with E-state index in [9.17, 15) is 4.79 Å². The maximum absolute atomic E-state index is 12.2. The fourth-order valence-corrected chi connectivity index (χ4v) is 4.43. The van der Waals surface area contributed by atoms with Crippen LogP contribution in [0.3, 0.4) is 0 Å². The predicted molar refractivity (Wildman–Crippen MR) is 138 cm³/mol. The maximum Gasteiger partial charge on any atom is 0.306 e. The van der Waals surface area contributed by atoms with Crippen molar-refractivity contribution in [3.8, 4) is 6.07 Å². The number of hydrogen-bond acceptors (Lipinski definition) is 7. The number of nitrogens with zero attached hydrogens (tertiary/aromatic N) is 2. The fourth-order valence-electron chi connectivity index (χ4n) is 4.43. The number of carbonyl (C=O) groups excluding carboxylic acids is 1. The van der Waals surface area contributed by atoms with Crippen molar-refractivity contribution >= 4 is 23.0 Å². The van der Waals surface area contributed by atoms with Crippen LogP contribution in [-0.4, -0.2) is 51.6 Å². The summed E-state index contributed by atoms with van der Waals surface area (Å²) in [6.45, 7) is 8.99. The van der Waals surface area contributed by atoms with Crippen LogP contribution in [0, 0.1) is 11.3 Å². The Morgan fingerprint density at radius 1 is 1.20 bits per heavy atom. The molecule has 0 aliphatic carbocycles. The fraction of sp³-hybridized carbons (Fsp3) is 0.500. The first-order valence-corrected chi connectivity index (χ1v) is 12.4. The van der Waals surface area contributed by atoms with Gasteiger partial charge in [0.15, 0.2) is 0 Å². The molecule has 1 saturated heterocycles. The molecule has 0 bridgehead atoms. The van der Waals surface area contributed by atoms with Gasteiger partial charge < -0.3 is 24.4 Å². The topological polar surface area (TPSA) is 83.8 Å². The third kappa shape index (κ3) is 7.45. The number of nitriles is 1. The molecule has 35 heavy (non-hydrogen) atoms. The first-order chi connectivity index (χ1) is 16.9. The number of hydrogen-bond donors (Lipinski definition) is 1. The van der Waals surface area contributed by atoms with Crippen LogP contribution >= 0.6 is 0 Å². The van der Waals surface area contributed by atoms with E-state index in [1.165, 1.54) is 7.11 Å². The van der Waals surface area contributed by atoms with Crippen LogP contribution < -0.4 is 10.2 Å². The van der Waals surface area contributed by atoms with E-state index in [4.69, 9.17) is 19.5 Å². The number of anilines is 3. The van der Waals surface area contributed by atoms with E-state index in [-0.39, 0.29) is 24.4 Å². The molecule has 1 aliphatic heterocycles. The number of benzene rings is 2. The molecule has 1 aliphatic rings. The van der Waals surface area contributed by atoms with Crippen molar-refractivity contribution in [1.29, 1.82) is 5.26 Å². The Balaban J connectivity index is 1.99. The highest BCUT2D eigenvalue weighted by Crippen LogP contribution is 2.36. The van der Waals surface area contributed by atoms with E-state index in [0.717, 1.165) is 55.2 Å². The normalized spacial score (nSPS) is 14.9. The van der Waals surface area contributed by atoms with Crippen LogP contribution in [0.4, 0.5) is 17.1 Å². The van der Waals surface area contributed by atoms with Gasteiger partial charge in [-0.2, -0.15) is 5.26 Å². The molecule has 188 valence electrons. The first-order valence-electron chi connectivity index (χ1n) is 12.4. The number of esters is 1. The smallest absolute Gasteiger partial charge is 0.306 e. The van der Waals surface area contributed by atoms with Crippen LogP contribution in [0.25, 0.3) is 0 Å². The summed E-state index contributed by atoms with van der Waals surface area (Å²) < 4.78 is 16.5. The zero-order valence-corrected chi connectivity index (χ0v) is 21.3. The summed E-state index contributed by atoms with van der Waals surface area (Å²) in [5.41, 5.74) is 4.59. The second-order valence-electron chi connectivity index (χ2n) is 9.08. The quantitative estimate of drug-likeness (QED) is 0.433. The zero-order valence-electron chi connectivity index (χ0n) is 21.3. The number of ether oxygens (including phenoxy) is 3. The summed E-state index contributed by atoms with van der Waals surface area (Å²) in [4.78, 5) is 14.6. The predicted octanol–water partition coefficient (Wildman–Crippen LogP) is 5.38. The first kappa shape index (κ1) is 26.5. The van der Waals surface area contributed by atoms with E-state index in [2.05, 4.69) is 41.4 Å². The van der Waals surface area contributed by atoms with Gasteiger partial charge in [-0.25, -0.2) is 0 Å². The Bertz CT molecular complexity index is 994. The largest absolute Gasteiger partial charge is 0.469 e. The van der Waals surface area contributed by atoms with Crippen LogP contribution in [0.1, 0.15) is 57.1 Å². The van der Waals surface area contributed by atoms with Crippen molar-refractivity contribution in [3.63, 3.8) is 0 Å². The molecular weight excluding hydrogens is 442 g/mol. The molecule has 0 spiro atoms. The van der Waals surface area contributed by atoms with Crippen LogP contribution in [-0.2, 0) is 19.0 Å². The second kappa shape index (κ2) is 13.1. The molecule has 0 amide bonds. The molecule has 1 N–H and O–H groups in total. The van der Waals surface area contributed by atoms with Gasteiger partial charge in [0, 0.05) is 37.4 Å². The third-order valence-corrected chi connectivity index (χ3v) is 6.34. The molecule has 2 aromatic carbocycles. The molecule has 2 aromatic rings. The van der Waals surface area contributed by atoms with E-state index >= 15 is 0 Å². The minimum Gasteiger partial charge on any atom is -0.469 e. The van der Waals surface area contributed by atoms with Gasteiger partial charge in [0.25, 0.3) is 0 Å². The van der Waals surface area contributed by atoms with E-state index in [0.29, 0.717) is 18.2 Å². The average molecular weight is 480 g/mol. The van der Waals surface area contributed by atoms with Gasteiger partial charge in [-0.05, 0) is 75.6 Å². The lowest BCUT2D eigenvalue weighted by molar-refractivity contribution is -0.141. The SMILES string of the molecule is CCN(c1ccc([C@H](COC(C)C)CC(=O)OC)cc1Nc1ccc(C#N)cc1)C1CCOCC1. The second-order valence-corrected chi connectivity index (χ2v) is 9.08. The molecule has 0 unspecified atom stereocenters. The summed E-state index contributed by atoms with van der Waals surface area (Å²) >= 11 is 0. The molecule has 3 rings (SSSR count). The minimum atomic E-state index is -0.259. The summed E-state index contributed by atoms with van der Waals surface area (Å²) in [5, 5.41) is 12.7. The summed E-state index contributed by atoms with van der Waals surface area (Å²) in [7, 11) is 1.41. The lowest BCUT2D eigenvalue weighted by Crippen LogP contribution is -2.39. The number of nitrogens with one attached hydrogen (secondary N) is 1. The van der Waals surface area contributed by atoms with Gasteiger partial charge in [-0.3, -0.25) is 4.79 Å². The van der Waals surface area contributed by atoms with Crippen molar-refractivity contribution in [3.05, 3.63) is 53.6 Å². The van der Waals surface area contributed by atoms with Crippen molar-refractivity contribution < 1.29 is 19.0 Å². The zero-order chi connectivity index (χ0) is 25.2. The molecule has 0 aromatic heterocycles. The molecule has 1 fully saturated rings. The number of rotatable bonds is 11. The molecule has 7 nitrogen and oxygen atoms in total. The van der Waals surface area contributed by atoms with Crippen molar-refractivity contribution in [2.24, 2.45) is 0 Å². The summed E-state index contributed by atoms with van der Waals surface area (Å²) in [5.74, 6) is -0.385. The standard InChI is InChI=1S/C28H37N3O4/c1-5-31(25-12-14-34-15-13-25)27-11-8-22(23(17-28(32)33-4)19-35-20(2)3)16-26(27)30-24-9-6-21(18-29)7-10-24/h6-11,16,20,23,25,30H,5,12-15,17,19H2,1-4H3/t23-/m0/s1. The van der Waals surface area contributed by atoms with Gasteiger partial charge in [0.05, 0.1) is 49.2 Å². The Morgan fingerprint density at radius 3 is 2.51 bits per heavy atom.